The van der Waals surface area contributed by atoms with Gasteiger partial charge >= 0.3 is 49.4 Å². The Labute approximate surface area is 411 Å². The van der Waals surface area contributed by atoms with Crippen LogP contribution in [0, 0.1) is 11.3 Å². The maximum Gasteiger partial charge on any atom is 0.416 e. The SMILES string of the molecule is FC(F)(F)c1cc([B-](c2cc(C(F)(F)F)cc(C(F)(F)F)c2)(c2cc(C(F)(F)F)cc(C(F)(F)F)c2)c2cc(C(F)(F)F)cc(C(F)(F)F)c2)cc(C(F)(F)F)c1.N#Cc1cccc2c1ccc[n+]2Cc1ccccc1. The average molecular weight is 1110 g/mol. The van der Waals surface area contributed by atoms with Crippen molar-refractivity contribution in [2.24, 2.45) is 0 Å². The highest BCUT2D eigenvalue weighted by molar-refractivity contribution is 7.20. The highest BCUT2D eigenvalue weighted by Gasteiger charge is 2.47. The molecule has 0 atom stereocenters. The van der Waals surface area contributed by atoms with E-state index >= 15 is 0 Å². The standard InChI is InChI=1S/C32H12BF24.C17H13N2/c34-25(35,36)13-1-14(26(37,38)39)6-21(5-13)33(22-7-15(27(40,41)42)2-16(8-22)28(43,44)45,23-9-17(29(46,47)48)3-18(10-23)30(49,50)51)24-11-19(31(52,53)54)4-20(12-24)32(55,56)57;18-12-15-8-4-10-17-16(15)9-5-11-19(17)13-14-6-2-1-3-7-14/h1-12H;1-11H,13H2/q-1;+1. The minimum atomic E-state index is -6.13. The Bertz CT molecular complexity index is 2860. The van der Waals surface area contributed by atoms with E-state index < -0.39 is 195 Å². The molecule has 0 fully saturated rings. The van der Waals surface area contributed by atoms with E-state index in [1.165, 1.54) is 5.56 Å². The van der Waals surface area contributed by atoms with Gasteiger partial charge in [-0.05, 0) is 36.4 Å². The third-order valence-electron chi connectivity index (χ3n) is 11.7. The molecule has 7 rings (SSSR count). The minimum Gasteiger partial charge on any atom is -0.194 e. The number of aromatic nitrogens is 1. The number of benzene rings is 6. The first-order chi connectivity index (χ1) is 34.6. The van der Waals surface area contributed by atoms with Gasteiger partial charge in [-0.3, -0.25) is 0 Å². The lowest BCUT2D eigenvalue weighted by atomic mass is 9.12. The second-order valence-corrected chi connectivity index (χ2v) is 16.7. The first kappa shape index (κ1) is 57.9. The number of nitriles is 1. The van der Waals surface area contributed by atoms with Gasteiger partial charge in [0.05, 0.1) is 55.5 Å². The van der Waals surface area contributed by atoms with Crippen molar-refractivity contribution in [3.05, 3.63) is 195 Å². The number of alkyl halides is 24. The Balaban J connectivity index is 0.000000408. The molecule has 0 spiro atoms. The molecule has 0 aliphatic heterocycles. The molecule has 1 aromatic heterocycles. The van der Waals surface area contributed by atoms with Crippen LogP contribution in [0.1, 0.15) is 55.6 Å². The molecule has 0 N–H and O–H groups in total. The summed E-state index contributed by atoms with van der Waals surface area (Å²) in [4.78, 5) is 0. The second kappa shape index (κ2) is 20.0. The number of halogens is 24. The lowest BCUT2D eigenvalue weighted by Gasteiger charge is -2.46. The van der Waals surface area contributed by atoms with Crippen molar-refractivity contribution in [3.63, 3.8) is 0 Å². The summed E-state index contributed by atoms with van der Waals surface area (Å²) in [7, 11) is 0. The van der Waals surface area contributed by atoms with E-state index in [1.54, 1.807) is 0 Å². The summed E-state index contributed by atoms with van der Waals surface area (Å²) in [5, 5.41) is 10.2. The number of pyridine rings is 1. The Morgan fingerprint density at radius 2 is 0.632 bits per heavy atom. The lowest BCUT2D eigenvalue weighted by Crippen LogP contribution is -2.75. The van der Waals surface area contributed by atoms with Crippen LogP contribution in [0.4, 0.5) is 105 Å². The van der Waals surface area contributed by atoms with Gasteiger partial charge in [-0.2, -0.15) is 137 Å². The molecule has 0 amide bonds. The zero-order valence-corrected chi connectivity index (χ0v) is 37.0. The average Bonchev–Trinajstić information content (AvgIpc) is 3.30. The molecule has 0 bridgehead atoms. The first-order valence-electron chi connectivity index (χ1n) is 20.9. The number of hydrogen-bond acceptors (Lipinski definition) is 1. The van der Waals surface area contributed by atoms with Crippen LogP contribution in [0.5, 0.6) is 0 Å². The summed E-state index contributed by atoms with van der Waals surface area (Å²) in [5.74, 6) is 0. The molecular weight excluding hydrogens is 1080 g/mol. The third-order valence-corrected chi connectivity index (χ3v) is 11.7. The second-order valence-electron chi connectivity index (χ2n) is 16.7. The van der Waals surface area contributed by atoms with E-state index in [0.717, 1.165) is 23.0 Å². The molecule has 27 heteroatoms. The fraction of sp³-hybridized carbons (Fsp3) is 0.184. The Hall–Kier alpha value is -7.40. The molecule has 0 aliphatic carbocycles. The largest absolute Gasteiger partial charge is 0.416 e. The van der Waals surface area contributed by atoms with E-state index in [4.69, 9.17) is 5.26 Å². The summed E-state index contributed by atoms with van der Waals surface area (Å²) < 4.78 is 343. The van der Waals surface area contributed by atoms with E-state index in [9.17, 15) is 105 Å². The highest BCUT2D eigenvalue weighted by atomic mass is 19.4. The third kappa shape index (κ3) is 12.6. The van der Waals surface area contributed by atoms with Crippen LogP contribution in [-0.4, -0.2) is 6.15 Å². The highest BCUT2D eigenvalue weighted by Crippen LogP contribution is 2.41. The number of rotatable bonds is 6. The molecule has 1 heterocycles. The first-order valence-corrected chi connectivity index (χ1v) is 20.9. The Kier molecular flexibility index (Phi) is 15.2. The minimum absolute atomic E-state index is 0.691. The van der Waals surface area contributed by atoms with Gasteiger partial charge in [0.25, 0.3) is 0 Å². The fourth-order valence-electron chi connectivity index (χ4n) is 8.39. The van der Waals surface area contributed by atoms with E-state index in [0.29, 0.717) is 0 Å². The molecular formula is C49H25BF24N2. The van der Waals surface area contributed by atoms with E-state index in [1.807, 2.05) is 42.5 Å². The number of hydrogen-bond donors (Lipinski definition) is 0. The van der Waals surface area contributed by atoms with Gasteiger partial charge in [0.2, 0.25) is 5.52 Å². The van der Waals surface area contributed by atoms with Crippen LogP contribution in [0.15, 0.2) is 140 Å². The van der Waals surface area contributed by atoms with Crippen LogP contribution in [0.25, 0.3) is 10.9 Å². The van der Waals surface area contributed by atoms with Gasteiger partial charge < -0.3 is 0 Å². The van der Waals surface area contributed by atoms with Gasteiger partial charge in [-0.15, -0.1) is 0 Å². The van der Waals surface area contributed by atoms with Crippen molar-refractivity contribution >= 4 is 38.9 Å². The molecule has 0 unspecified atom stereocenters. The molecule has 0 aliphatic rings. The quantitative estimate of drug-likeness (QED) is 0.0926. The molecule has 0 saturated carbocycles. The van der Waals surface area contributed by atoms with Gasteiger partial charge in [0.15, 0.2) is 12.7 Å². The molecule has 6 aromatic carbocycles. The zero-order chi connectivity index (χ0) is 57.0. The predicted octanol–water partition coefficient (Wildman–Crippen LogP) is 14.3. The summed E-state index contributed by atoms with van der Waals surface area (Å²) in [5.41, 5.74) is -27.1. The van der Waals surface area contributed by atoms with Crippen molar-refractivity contribution in [3.8, 4) is 6.07 Å². The van der Waals surface area contributed by atoms with Crippen molar-refractivity contribution in [2.45, 2.75) is 56.0 Å². The van der Waals surface area contributed by atoms with Crippen LogP contribution in [0.3, 0.4) is 0 Å². The van der Waals surface area contributed by atoms with Gasteiger partial charge in [0, 0.05) is 17.7 Å². The monoisotopic (exact) mass is 1110 g/mol. The van der Waals surface area contributed by atoms with Crippen molar-refractivity contribution in [1.29, 1.82) is 5.26 Å². The fourth-order valence-corrected chi connectivity index (χ4v) is 8.39. The molecule has 76 heavy (non-hydrogen) atoms. The van der Waals surface area contributed by atoms with Crippen LogP contribution >= 0.6 is 0 Å². The van der Waals surface area contributed by atoms with Gasteiger partial charge in [0.1, 0.15) is 12.2 Å². The normalized spacial score (nSPS) is 13.3. The maximum atomic E-state index is 14.2. The zero-order valence-electron chi connectivity index (χ0n) is 37.0. The summed E-state index contributed by atoms with van der Waals surface area (Å²) in [6, 6.07) is 13.6. The van der Waals surface area contributed by atoms with Crippen molar-refractivity contribution < 1.29 is 110 Å². The summed E-state index contributed by atoms with van der Waals surface area (Å²) >= 11 is 0. The lowest BCUT2D eigenvalue weighted by molar-refractivity contribution is -0.662. The topological polar surface area (TPSA) is 27.7 Å². The van der Waals surface area contributed by atoms with Crippen LogP contribution < -0.4 is 26.4 Å². The van der Waals surface area contributed by atoms with E-state index in [2.05, 4.69) is 35.0 Å². The van der Waals surface area contributed by atoms with Crippen molar-refractivity contribution in [2.75, 3.05) is 0 Å². The van der Waals surface area contributed by atoms with Crippen molar-refractivity contribution in [1.82, 2.24) is 0 Å². The Morgan fingerprint density at radius 1 is 0.342 bits per heavy atom. The predicted molar refractivity (Wildman–Crippen MR) is 224 cm³/mol. The molecule has 7 aromatic rings. The van der Waals surface area contributed by atoms with E-state index in [-0.39, 0.29) is 0 Å². The molecule has 0 saturated heterocycles. The number of fused-ring (bicyclic) bond motifs is 1. The maximum absolute atomic E-state index is 14.2. The smallest absolute Gasteiger partial charge is 0.194 e. The summed E-state index contributed by atoms with van der Waals surface area (Å²) in [6.07, 6.45) is -52.8. The molecule has 402 valence electrons. The molecule has 0 radical (unpaired) electrons. The molecule has 2 nitrogen and oxygen atoms in total. The Morgan fingerprint density at radius 3 is 0.895 bits per heavy atom. The van der Waals surface area contributed by atoms with Crippen LogP contribution in [0.2, 0.25) is 0 Å². The number of nitrogens with zero attached hydrogens (tertiary/aromatic N) is 2. The van der Waals surface area contributed by atoms with Gasteiger partial charge in [-0.1, -0.05) is 84.9 Å². The van der Waals surface area contributed by atoms with Crippen LogP contribution in [-0.2, 0) is 56.0 Å². The van der Waals surface area contributed by atoms with Gasteiger partial charge in [-0.25, -0.2) is 0 Å². The summed E-state index contributed by atoms with van der Waals surface area (Å²) in [6.45, 7) is 0.813.